The van der Waals surface area contributed by atoms with Crippen molar-refractivity contribution >= 4 is 0 Å². The Morgan fingerprint density at radius 2 is 2.05 bits per heavy atom. The third kappa shape index (κ3) is 3.03. The summed E-state index contributed by atoms with van der Waals surface area (Å²) in [7, 11) is 0. The van der Waals surface area contributed by atoms with E-state index < -0.39 is 11.6 Å². The third-order valence-electron chi connectivity index (χ3n) is 3.41. The van der Waals surface area contributed by atoms with Gasteiger partial charge in [-0.05, 0) is 19.1 Å². The largest absolute Gasteiger partial charge is 0.339 e. The van der Waals surface area contributed by atoms with E-state index in [1.54, 1.807) is 12.5 Å². The molecule has 1 atom stereocenters. The van der Waals surface area contributed by atoms with Crippen LogP contribution in [0.3, 0.4) is 0 Å². The second kappa shape index (κ2) is 6.05. The second-order valence-corrected chi connectivity index (χ2v) is 5.04. The zero-order valence-electron chi connectivity index (χ0n) is 11.9. The Bertz CT molecular complexity index is 735. The molecule has 2 heterocycles. The van der Waals surface area contributed by atoms with Crippen LogP contribution in [0.4, 0.5) is 8.78 Å². The van der Waals surface area contributed by atoms with Crippen molar-refractivity contribution in [1.82, 2.24) is 19.7 Å². The van der Waals surface area contributed by atoms with Gasteiger partial charge in [0.25, 0.3) is 0 Å². The molecule has 0 saturated carbocycles. The van der Waals surface area contributed by atoms with Crippen molar-refractivity contribution in [1.29, 1.82) is 0 Å². The molecule has 0 amide bonds. The van der Waals surface area contributed by atoms with Gasteiger partial charge in [-0.15, -0.1) is 0 Å². The Balaban J connectivity index is 1.71. The van der Waals surface area contributed by atoms with Crippen molar-refractivity contribution in [3.63, 3.8) is 0 Å². The SMILES string of the molecule is CC(Cc1nc(Cc2c(F)cccc2F)no1)n1ccnc1. The number of imidazole rings is 1. The van der Waals surface area contributed by atoms with Crippen LogP contribution in [0.1, 0.15) is 30.2 Å². The third-order valence-corrected chi connectivity index (χ3v) is 3.41. The van der Waals surface area contributed by atoms with E-state index in [2.05, 4.69) is 15.1 Å². The molecule has 1 aromatic carbocycles. The molecule has 0 aliphatic carbocycles. The predicted octanol–water partition coefficient (Wildman–Crippen LogP) is 2.94. The summed E-state index contributed by atoms with van der Waals surface area (Å²) in [5.74, 6) is -0.541. The summed E-state index contributed by atoms with van der Waals surface area (Å²) in [5, 5.41) is 3.78. The molecular weight excluding hydrogens is 290 g/mol. The van der Waals surface area contributed by atoms with Crippen LogP contribution < -0.4 is 0 Å². The van der Waals surface area contributed by atoms with E-state index in [-0.39, 0.29) is 23.9 Å². The first-order chi connectivity index (χ1) is 10.6. The fourth-order valence-electron chi connectivity index (χ4n) is 2.19. The van der Waals surface area contributed by atoms with Gasteiger partial charge in [-0.2, -0.15) is 4.98 Å². The molecule has 5 nitrogen and oxygen atoms in total. The van der Waals surface area contributed by atoms with Gasteiger partial charge >= 0.3 is 0 Å². The highest BCUT2D eigenvalue weighted by molar-refractivity contribution is 5.22. The smallest absolute Gasteiger partial charge is 0.228 e. The summed E-state index contributed by atoms with van der Waals surface area (Å²) in [6.45, 7) is 1.99. The van der Waals surface area contributed by atoms with E-state index in [4.69, 9.17) is 4.52 Å². The van der Waals surface area contributed by atoms with Gasteiger partial charge in [0.15, 0.2) is 5.82 Å². The van der Waals surface area contributed by atoms with E-state index in [1.165, 1.54) is 18.2 Å². The monoisotopic (exact) mass is 304 g/mol. The number of benzene rings is 1. The van der Waals surface area contributed by atoms with Gasteiger partial charge in [0.05, 0.1) is 6.33 Å². The maximum absolute atomic E-state index is 13.6. The van der Waals surface area contributed by atoms with Crippen molar-refractivity contribution in [2.75, 3.05) is 0 Å². The van der Waals surface area contributed by atoms with Crippen LogP contribution in [0.5, 0.6) is 0 Å². The summed E-state index contributed by atoms with van der Waals surface area (Å²) in [4.78, 5) is 8.17. The van der Waals surface area contributed by atoms with Crippen molar-refractivity contribution in [3.05, 3.63) is 65.8 Å². The number of hydrogen-bond acceptors (Lipinski definition) is 4. The fourth-order valence-corrected chi connectivity index (χ4v) is 2.19. The van der Waals surface area contributed by atoms with Crippen LogP contribution >= 0.6 is 0 Å². The minimum Gasteiger partial charge on any atom is -0.339 e. The number of aromatic nitrogens is 4. The maximum atomic E-state index is 13.6. The second-order valence-electron chi connectivity index (χ2n) is 5.04. The molecule has 0 aliphatic rings. The first-order valence-corrected chi connectivity index (χ1v) is 6.85. The average Bonchev–Trinajstić information content (AvgIpc) is 3.15. The molecule has 0 aliphatic heterocycles. The molecule has 0 fully saturated rings. The molecule has 0 N–H and O–H groups in total. The van der Waals surface area contributed by atoms with Gasteiger partial charge in [-0.1, -0.05) is 11.2 Å². The highest BCUT2D eigenvalue weighted by atomic mass is 19.1. The van der Waals surface area contributed by atoms with E-state index in [1.807, 2.05) is 17.7 Å². The molecule has 1 unspecified atom stereocenters. The van der Waals surface area contributed by atoms with Crippen LogP contribution in [0.2, 0.25) is 0 Å². The van der Waals surface area contributed by atoms with Gasteiger partial charge in [-0.25, -0.2) is 13.8 Å². The molecule has 114 valence electrons. The van der Waals surface area contributed by atoms with Gasteiger partial charge in [0, 0.05) is 36.8 Å². The van der Waals surface area contributed by atoms with Crippen molar-refractivity contribution in [2.45, 2.75) is 25.8 Å². The van der Waals surface area contributed by atoms with E-state index >= 15 is 0 Å². The number of halogens is 2. The lowest BCUT2D eigenvalue weighted by Crippen LogP contribution is -2.06. The summed E-state index contributed by atoms with van der Waals surface area (Å²) >= 11 is 0. The number of rotatable bonds is 5. The van der Waals surface area contributed by atoms with Crippen LogP contribution in [0.15, 0.2) is 41.4 Å². The van der Waals surface area contributed by atoms with Gasteiger partial charge in [0.2, 0.25) is 5.89 Å². The van der Waals surface area contributed by atoms with Crippen molar-refractivity contribution < 1.29 is 13.3 Å². The Labute approximate surface area is 125 Å². The Morgan fingerprint density at radius 3 is 2.73 bits per heavy atom. The van der Waals surface area contributed by atoms with Gasteiger partial charge < -0.3 is 9.09 Å². The van der Waals surface area contributed by atoms with Gasteiger partial charge in [-0.3, -0.25) is 0 Å². The molecule has 2 aromatic heterocycles. The Morgan fingerprint density at radius 1 is 1.27 bits per heavy atom. The van der Waals surface area contributed by atoms with Gasteiger partial charge in [0.1, 0.15) is 11.6 Å². The predicted molar refractivity (Wildman–Crippen MR) is 74.1 cm³/mol. The highest BCUT2D eigenvalue weighted by Crippen LogP contribution is 2.17. The lowest BCUT2D eigenvalue weighted by molar-refractivity contribution is 0.353. The van der Waals surface area contributed by atoms with E-state index in [9.17, 15) is 8.78 Å². The van der Waals surface area contributed by atoms with Crippen molar-refractivity contribution in [3.8, 4) is 0 Å². The molecule has 0 saturated heterocycles. The number of hydrogen-bond donors (Lipinski definition) is 0. The quantitative estimate of drug-likeness (QED) is 0.727. The Kier molecular flexibility index (Phi) is 3.95. The Hall–Kier alpha value is -2.57. The van der Waals surface area contributed by atoms with Crippen LogP contribution in [-0.4, -0.2) is 19.7 Å². The lowest BCUT2D eigenvalue weighted by atomic mass is 10.1. The molecule has 3 aromatic rings. The summed E-state index contributed by atoms with van der Waals surface area (Å²) < 4.78 is 34.3. The molecule has 0 bridgehead atoms. The first kappa shape index (κ1) is 14.4. The van der Waals surface area contributed by atoms with Crippen LogP contribution in [-0.2, 0) is 12.8 Å². The van der Waals surface area contributed by atoms with E-state index in [0.717, 1.165) is 0 Å². The molecule has 0 radical (unpaired) electrons. The van der Waals surface area contributed by atoms with Crippen LogP contribution in [0, 0.1) is 11.6 Å². The topological polar surface area (TPSA) is 56.7 Å². The minimum atomic E-state index is -0.613. The van der Waals surface area contributed by atoms with Crippen LogP contribution in [0.25, 0.3) is 0 Å². The maximum Gasteiger partial charge on any atom is 0.228 e. The normalized spacial score (nSPS) is 12.5. The first-order valence-electron chi connectivity index (χ1n) is 6.85. The zero-order chi connectivity index (χ0) is 15.5. The molecule has 22 heavy (non-hydrogen) atoms. The van der Waals surface area contributed by atoms with Crippen molar-refractivity contribution in [2.24, 2.45) is 0 Å². The summed E-state index contributed by atoms with van der Waals surface area (Å²) in [6.07, 6.45) is 5.72. The zero-order valence-corrected chi connectivity index (χ0v) is 11.9. The van der Waals surface area contributed by atoms with E-state index in [0.29, 0.717) is 12.3 Å². The molecule has 0 spiro atoms. The molecule has 3 rings (SSSR count). The summed E-state index contributed by atoms with van der Waals surface area (Å²) in [6, 6.07) is 3.84. The minimum absolute atomic E-state index is 0.0402. The average molecular weight is 304 g/mol. The number of nitrogens with zero attached hydrogens (tertiary/aromatic N) is 4. The molecule has 7 heteroatoms. The fraction of sp³-hybridized carbons (Fsp3) is 0.267. The summed E-state index contributed by atoms with van der Waals surface area (Å²) in [5.41, 5.74) is -0.0579. The standard InChI is InChI=1S/C15H14F2N4O/c1-10(21-6-5-18-9-21)7-15-19-14(20-22-15)8-11-12(16)3-2-4-13(11)17/h2-6,9-10H,7-8H2,1H3. The lowest BCUT2D eigenvalue weighted by Gasteiger charge is -2.09. The molecular formula is C15H14F2N4O. The highest BCUT2D eigenvalue weighted by Gasteiger charge is 2.15.